The summed E-state index contributed by atoms with van der Waals surface area (Å²) in [6.07, 6.45) is 1.34. The molecule has 0 radical (unpaired) electrons. The van der Waals surface area contributed by atoms with Gasteiger partial charge < -0.3 is 9.88 Å². The van der Waals surface area contributed by atoms with Gasteiger partial charge in [-0.1, -0.05) is 20.8 Å². The second-order valence-electron chi connectivity index (χ2n) is 7.55. The van der Waals surface area contributed by atoms with Crippen molar-refractivity contribution in [2.45, 2.75) is 33.7 Å². The van der Waals surface area contributed by atoms with E-state index in [-0.39, 0.29) is 17.0 Å². The lowest BCUT2D eigenvalue weighted by Crippen LogP contribution is -2.39. The van der Waals surface area contributed by atoms with Gasteiger partial charge in [0, 0.05) is 26.3 Å². The summed E-state index contributed by atoms with van der Waals surface area (Å²) < 4.78 is 1.67. The van der Waals surface area contributed by atoms with E-state index in [0.29, 0.717) is 11.3 Å². The van der Waals surface area contributed by atoms with Gasteiger partial charge in [-0.05, 0) is 18.4 Å². The Labute approximate surface area is 150 Å². The lowest BCUT2D eigenvalue weighted by Gasteiger charge is -2.35. The van der Waals surface area contributed by atoms with Crippen LogP contribution in [0.4, 0.5) is 5.82 Å². The van der Waals surface area contributed by atoms with Gasteiger partial charge in [0.1, 0.15) is 5.69 Å². The Bertz CT molecular complexity index is 1070. The highest BCUT2D eigenvalue weighted by molar-refractivity contribution is 5.90. The maximum Gasteiger partial charge on any atom is 0.325 e. The third-order valence-electron chi connectivity index (χ3n) is 4.83. The van der Waals surface area contributed by atoms with Crippen LogP contribution in [0, 0.1) is 5.41 Å². The molecule has 1 unspecified atom stereocenters. The van der Waals surface area contributed by atoms with Gasteiger partial charge in [-0.25, -0.2) is 9.48 Å². The minimum Gasteiger partial charge on any atom is -0.354 e. The van der Waals surface area contributed by atoms with Crippen molar-refractivity contribution in [3.05, 3.63) is 33.1 Å². The van der Waals surface area contributed by atoms with Gasteiger partial charge in [0.2, 0.25) is 0 Å². The van der Waals surface area contributed by atoms with Gasteiger partial charge >= 0.3 is 5.69 Å². The van der Waals surface area contributed by atoms with Gasteiger partial charge in [-0.15, -0.1) is 10.2 Å². The smallest absolute Gasteiger partial charge is 0.325 e. The van der Waals surface area contributed by atoms with Crippen LogP contribution >= 0.6 is 0 Å². The maximum absolute atomic E-state index is 12.1. The SMILES string of the molecule is CC(N(C)c1nn(C)c2nnc(-c3c[nH]c(=O)[nH]c3=O)cc12)C(C)(C)C. The Hall–Kier alpha value is -2.97. The van der Waals surface area contributed by atoms with Crippen LogP contribution < -0.4 is 16.1 Å². The maximum atomic E-state index is 12.1. The van der Waals surface area contributed by atoms with Crippen LogP contribution in [0.2, 0.25) is 0 Å². The predicted octanol–water partition coefficient (Wildman–Crippen LogP) is 1.28. The van der Waals surface area contributed by atoms with Gasteiger partial charge in [0.25, 0.3) is 5.56 Å². The predicted molar refractivity (Wildman–Crippen MR) is 100 cm³/mol. The van der Waals surface area contributed by atoms with Crippen molar-refractivity contribution in [1.29, 1.82) is 0 Å². The molecule has 0 aliphatic heterocycles. The zero-order valence-electron chi connectivity index (χ0n) is 15.8. The van der Waals surface area contributed by atoms with Crippen molar-refractivity contribution in [2.24, 2.45) is 12.5 Å². The molecule has 3 heterocycles. The Morgan fingerprint density at radius 2 is 1.92 bits per heavy atom. The zero-order chi connectivity index (χ0) is 19.2. The minimum absolute atomic E-state index is 0.0535. The molecule has 9 heteroatoms. The van der Waals surface area contributed by atoms with Gasteiger partial charge in [0.15, 0.2) is 11.5 Å². The Balaban J connectivity index is 2.17. The quantitative estimate of drug-likeness (QED) is 0.730. The first-order valence-corrected chi connectivity index (χ1v) is 8.35. The summed E-state index contributed by atoms with van der Waals surface area (Å²) in [5, 5.41) is 13.7. The van der Waals surface area contributed by atoms with E-state index in [2.05, 4.69) is 57.9 Å². The van der Waals surface area contributed by atoms with Gasteiger partial charge in [-0.3, -0.25) is 9.78 Å². The Morgan fingerprint density at radius 3 is 2.54 bits per heavy atom. The van der Waals surface area contributed by atoms with Crippen LogP contribution in [0.5, 0.6) is 0 Å². The molecular formula is C17H23N7O2. The molecule has 0 aliphatic carbocycles. The van der Waals surface area contributed by atoms with Crippen LogP contribution in [0.25, 0.3) is 22.3 Å². The molecule has 0 saturated heterocycles. The summed E-state index contributed by atoms with van der Waals surface area (Å²) >= 11 is 0. The van der Waals surface area contributed by atoms with Crippen LogP contribution in [-0.2, 0) is 7.05 Å². The summed E-state index contributed by atoms with van der Waals surface area (Å²) in [5.74, 6) is 0.766. The zero-order valence-corrected chi connectivity index (χ0v) is 15.8. The molecule has 0 spiro atoms. The number of rotatable bonds is 3. The number of aryl methyl sites for hydroxylation is 1. The van der Waals surface area contributed by atoms with Crippen LogP contribution in [-0.4, -0.2) is 43.0 Å². The molecule has 3 aromatic heterocycles. The topological polar surface area (TPSA) is 113 Å². The van der Waals surface area contributed by atoms with E-state index in [1.54, 1.807) is 10.7 Å². The van der Waals surface area contributed by atoms with Crippen LogP contribution in [0.15, 0.2) is 21.9 Å². The number of hydrogen-bond acceptors (Lipinski definition) is 6. The van der Waals surface area contributed by atoms with E-state index in [0.717, 1.165) is 11.2 Å². The molecule has 0 aliphatic rings. The van der Waals surface area contributed by atoms with E-state index in [4.69, 9.17) is 0 Å². The van der Waals surface area contributed by atoms with E-state index in [9.17, 15) is 9.59 Å². The first-order chi connectivity index (χ1) is 12.1. The molecule has 3 aromatic rings. The molecule has 0 aromatic carbocycles. The summed E-state index contributed by atoms with van der Waals surface area (Å²) in [6, 6.07) is 1.99. The summed E-state index contributed by atoms with van der Waals surface area (Å²) in [4.78, 5) is 30.1. The number of aromatic nitrogens is 6. The Morgan fingerprint density at radius 1 is 1.23 bits per heavy atom. The van der Waals surface area contributed by atoms with Crippen molar-refractivity contribution in [1.82, 2.24) is 29.9 Å². The molecule has 138 valence electrons. The molecule has 0 amide bonds. The monoisotopic (exact) mass is 357 g/mol. The fourth-order valence-corrected chi connectivity index (χ4v) is 2.79. The van der Waals surface area contributed by atoms with E-state index >= 15 is 0 Å². The molecule has 0 saturated carbocycles. The number of aromatic amines is 2. The average Bonchev–Trinajstić information content (AvgIpc) is 2.89. The lowest BCUT2D eigenvalue weighted by molar-refractivity contribution is 0.328. The normalized spacial score (nSPS) is 13.2. The third-order valence-corrected chi connectivity index (χ3v) is 4.83. The molecule has 2 N–H and O–H groups in total. The number of nitrogens with zero attached hydrogens (tertiary/aromatic N) is 5. The highest BCUT2D eigenvalue weighted by Crippen LogP contribution is 2.31. The van der Waals surface area contributed by atoms with E-state index in [1.165, 1.54) is 6.20 Å². The van der Waals surface area contributed by atoms with Crippen LogP contribution in [0.3, 0.4) is 0 Å². The van der Waals surface area contributed by atoms with E-state index < -0.39 is 11.2 Å². The first kappa shape index (κ1) is 17.8. The molecule has 0 fully saturated rings. The number of anilines is 1. The number of H-pyrrole nitrogens is 2. The van der Waals surface area contributed by atoms with Crippen LogP contribution in [0.1, 0.15) is 27.7 Å². The van der Waals surface area contributed by atoms with E-state index in [1.807, 2.05) is 14.1 Å². The molecule has 26 heavy (non-hydrogen) atoms. The molecule has 9 nitrogen and oxygen atoms in total. The van der Waals surface area contributed by atoms with Gasteiger partial charge in [0.05, 0.1) is 10.9 Å². The van der Waals surface area contributed by atoms with Gasteiger partial charge in [-0.2, -0.15) is 5.10 Å². The van der Waals surface area contributed by atoms with Crippen molar-refractivity contribution in [3.63, 3.8) is 0 Å². The average molecular weight is 357 g/mol. The highest BCUT2D eigenvalue weighted by atomic mass is 16.2. The molecular weight excluding hydrogens is 334 g/mol. The van der Waals surface area contributed by atoms with Crippen molar-refractivity contribution < 1.29 is 0 Å². The number of fused-ring (bicyclic) bond motifs is 1. The summed E-state index contributed by atoms with van der Waals surface area (Å²) in [7, 11) is 3.80. The third kappa shape index (κ3) is 3.00. The first-order valence-electron chi connectivity index (χ1n) is 8.35. The second-order valence-corrected chi connectivity index (χ2v) is 7.55. The largest absolute Gasteiger partial charge is 0.354 e. The summed E-state index contributed by atoms with van der Waals surface area (Å²) in [5.41, 5.74) is 0.231. The van der Waals surface area contributed by atoms with Crippen molar-refractivity contribution >= 4 is 16.9 Å². The lowest BCUT2D eigenvalue weighted by atomic mass is 9.87. The molecule has 1 atom stereocenters. The molecule has 3 rings (SSSR count). The number of nitrogens with one attached hydrogen (secondary N) is 2. The second kappa shape index (κ2) is 6.08. The van der Waals surface area contributed by atoms with Crippen molar-refractivity contribution in [2.75, 3.05) is 11.9 Å². The minimum atomic E-state index is -0.561. The standard InChI is InChI=1S/C17H23N7O2/c1-9(17(2,3)4)23(5)14-10-7-12(20-21-13(10)24(6)22-14)11-8-18-16(26)19-15(11)25/h7-9H,1-6H3,(H2,18,19,25,26). The fourth-order valence-electron chi connectivity index (χ4n) is 2.79. The fraction of sp³-hybridized carbons (Fsp3) is 0.471. The Kier molecular flexibility index (Phi) is 4.17. The summed E-state index contributed by atoms with van der Waals surface area (Å²) in [6.45, 7) is 8.65. The van der Waals surface area contributed by atoms with Crippen molar-refractivity contribution in [3.8, 4) is 11.3 Å². The number of hydrogen-bond donors (Lipinski definition) is 2. The molecule has 0 bridgehead atoms. The highest BCUT2D eigenvalue weighted by Gasteiger charge is 2.27.